The van der Waals surface area contributed by atoms with Gasteiger partial charge in [-0.2, -0.15) is 0 Å². The fourth-order valence-corrected chi connectivity index (χ4v) is 3.95. The summed E-state index contributed by atoms with van der Waals surface area (Å²) in [6, 6.07) is 10.1. The third-order valence-electron chi connectivity index (χ3n) is 2.97. The van der Waals surface area contributed by atoms with Crippen LogP contribution in [0.4, 0.5) is 0 Å². The lowest BCUT2D eigenvalue weighted by Crippen LogP contribution is -1.96. The summed E-state index contributed by atoms with van der Waals surface area (Å²) in [6.45, 7) is 0. The average Bonchev–Trinajstić information content (AvgIpc) is 2.93. The Hall–Kier alpha value is -1.92. The molecule has 21 heavy (non-hydrogen) atoms. The smallest absolute Gasteiger partial charge is 0.304 e. The van der Waals surface area contributed by atoms with Crippen molar-refractivity contribution in [1.82, 2.24) is 9.97 Å². The fraction of sp³-hybridized carbons (Fsp3) is 0.133. The quantitative estimate of drug-likeness (QED) is 0.571. The predicted molar refractivity (Wildman–Crippen MR) is 85.8 cm³/mol. The van der Waals surface area contributed by atoms with Gasteiger partial charge in [0, 0.05) is 16.7 Å². The van der Waals surface area contributed by atoms with E-state index in [1.165, 1.54) is 18.1 Å². The van der Waals surface area contributed by atoms with Gasteiger partial charge in [-0.05, 0) is 5.56 Å². The standard InChI is InChI=1S/C15H12N2O2S2/c18-12(19)6-7-20-14-13-11(10-4-2-1-3-5-10)8-21-15(13)17-9-16-14/h1-5,8-9H,6-7H2,(H,18,19). The van der Waals surface area contributed by atoms with E-state index in [1.54, 1.807) is 11.3 Å². The van der Waals surface area contributed by atoms with Crippen LogP contribution < -0.4 is 0 Å². The number of nitrogens with zero attached hydrogens (tertiary/aromatic N) is 2. The van der Waals surface area contributed by atoms with E-state index in [0.717, 1.165) is 26.4 Å². The van der Waals surface area contributed by atoms with Crippen molar-refractivity contribution in [3.8, 4) is 11.1 Å². The zero-order valence-corrected chi connectivity index (χ0v) is 12.7. The van der Waals surface area contributed by atoms with Crippen molar-refractivity contribution in [3.05, 3.63) is 42.0 Å². The van der Waals surface area contributed by atoms with E-state index < -0.39 is 5.97 Å². The van der Waals surface area contributed by atoms with E-state index >= 15 is 0 Å². The van der Waals surface area contributed by atoms with E-state index in [0.29, 0.717) is 5.75 Å². The number of thiophene rings is 1. The summed E-state index contributed by atoms with van der Waals surface area (Å²) in [5, 5.41) is 12.7. The molecule has 0 saturated carbocycles. The molecule has 0 bridgehead atoms. The summed E-state index contributed by atoms with van der Waals surface area (Å²) in [5.74, 6) is -0.285. The molecule has 6 heteroatoms. The molecule has 106 valence electrons. The van der Waals surface area contributed by atoms with Gasteiger partial charge >= 0.3 is 5.97 Å². The van der Waals surface area contributed by atoms with Gasteiger partial charge in [-0.3, -0.25) is 4.79 Å². The summed E-state index contributed by atoms with van der Waals surface area (Å²) in [4.78, 5) is 20.2. The Morgan fingerprint density at radius 1 is 1.24 bits per heavy atom. The van der Waals surface area contributed by atoms with Crippen molar-refractivity contribution in [1.29, 1.82) is 0 Å². The highest BCUT2D eigenvalue weighted by Crippen LogP contribution is 2.37. The van der Waals surface area contributed by atoms with Gasteiger partial charge in [0.25, 0.3) is 0 Å². The highest BCUT2D eigenvalue weighted by molar-refractivity contribution is 7.99. The lowest BCUT2D eigenvalue weighted by atomic mass is 10.1. The topological polar surface area (TPSA) is 63.1 Å². The third kappa shape index (κ3) is 3.06. The number of carboxylic acids is 1. The number of benzene rings is 1. The van der Waals surface area contributed by atoms with Crippen LogP contribution in [0.15, 0.2) is 47.1 Å². The monoisotopic (exact) mass is 316 g/mol. The Kier molecular flexibility index (Phi) is 4.17. The third-order valence-corrected chi connectivity index (χ3v) is 4.85. The molecule has 3 rings (SSSR count). The second-order valence-electron chi connectivity index (χ2n) is 4.37. The van der Waals surface area contributed by atoms with Gasteiger partial charge in [-0.1, -0.05) is 30.3 Å². The van der Waals surface area contributed by atoms with E-state index in [1.807, 2.05) is 18.2 Å². The SMILES string of the molecule is O=C(O)CCSc1ncnc2scc(-c3ccccc3)c12. The Bertz CT molecular complexity index is 772. The molecule has 0 atom stereocenters. The molecule has 0 amide bonds. The second kappa shape index (κ2) is 6.24. The number of carboxylic acid groups (broad SMARTS) is 1. The molecule has 1 aromatic carbocycles. The molecule has 1 N–H and O–H groups in total. The molecule has 0 unspecified atom stereocenters. The minimum Gasteiger partial charge on any atom is -0.481 e. The van der Waals surface area contributed by atoms with Gasteiger partial charge in [0.15, 0.2) is 0 Å². The molecule has 2 heterocycles. The number of thioether (sulfide) groups is 1. The maximum absolute atomic E-state index is 10.6. The van der Waals surface area contributed by atoms with Crippen LogP contribution in [-0.2, 0) is 4.79 Å². The second-order valence-corrected chi connectivity index (χ2v) is 6.31. The van der Waals surface area contributed by atoms with Crippen LogP contribution >= 0.6 is 23.1 Å². The van der Waals surface area contributed by atoms with E-state index in [4.69, 9.17) is 5.11 Å². The maximum Gasteiger partial charge on any atom is 0.304 e. The largest absolute Gasteiger partial charge is 0.481 e. The lowest BCUT2D eigenvalue weighted by Gasteiger charge is -2.04. The van der Waals surface area contributed by atoms with Gasteiger partial charge in [-0.25, -0.2) is 9.97 Å². The van der Waals surface area contributed by atoms with Crippen LogP contribution in [0, 0.1) is 0 Å². The molecular weight excluding hydrogens is 304 g/mol. The summed E-state index contributed by atoms with van der Waals surface area (Å²) in [7, 11) is 0. The predicted octanol–water partition coefficient (Wildman–Crippen LogP) is 3.93. The first kappa shape index (κ1) is 14.0. The first-order valence-corrected chi connectivity index (χ1v) is 8.24. The van der Waals surface area contributed by atoms with Crippen molar-refractivity contribution in [2.24, 2.45) is 0 Å². The highest BCUT2D eigenvalue weighted by atomic mass is 32.2. The summed E-state index contributed by atoms with van der Waals surface area (Å²) in [5.41, 5.74) is 2.23. The number of hydrogen-bond donors (Lipinski definition) is 1. The van der Waals surface area contributed by atoms with Crippen LogP contribution in [0.3, 0.4) is 0 Å². The lowest BCUT2D eigenvalue weighted by molar-refractivity contribution is -0.136. The maximum atomic E-state index is 10.6. The molecule has 0 aliphatic carbocycles. The van der Waals surface area contributed by atoms with Gasteiger partial charge < -0.3 is 5.11 Å². The number of hydrogen-bond acceptors (Lipinski definition) is 5. The summed E-state index contributed by atoms with van der Waals surface area (Å²) in [6.07, 6.45) is 1.66. The number of carbonyl (C=O) groups is 1. The molecule has 0 fully saturated rings. The number of fused-ring (bicyclic) bond motifs is 1. The van der Waals surface area contributed by atoms with Crippen LogP contribution in [0.25, 0.3) is 21.3 Å². The van der Waals surface area contributed by atoms with Crippen molar-refractivity contribution in [2.45, 2.75) is 11.4 Å². The van der Waals surface area contributed by atoms with Gasteiger partial charge in [-0.15, -0.1) is 23.1 Å². The fourth-order valence-electron chi connectivity index (χ4n) is 2.02. The Morgan fingerprint density at radius 2 is 2.05 bits per heavy atom. The van der Waals surface area contributed by atoms with E-state index in [2.05, 4.69) is 27.5 Å². The first-order chi connectivity index (χ1) is 10.3. The zero-order chi connectivity index (χ0) is 14.7. The van der Waals surface area contributed by atoms with Gasteiger partial charge in [0.1, 0.15) is 16.2 Å². The molecule has 3 aromatic rings. The average molecular weight is 316 g/mol. The van der Waals surface area contributed by atoms with Crippen LogP contribution in [0.1, 0.15) is 6.42 Å². The summed E-state index contributed by atoms with van der Waals surface area (Å²) < 4.78 is 0. The molecule has 0 aliphatic heterocycles. The molecule has 4 nitrogen and oxygen atoms in total. The Balaban J connectivity index is 2.01. The normalized spacial score (nSPS) is 10.9. The first-order valence-electron chi connectivity index (χ1n) is 6.38. The minimum absolute atomic E-state index is 0.126. The van der Waals surface area contributed by atoms with Crippen molar-refractivity contribution < 1.29 is 9.90 Å². The number of aromatic nitrogens is 2. The highest BCUT2D eigenvalue weighted by Gasteiger charge is 2.13. The van der Waals surface area contributed by atoms with Crippen LogP contribution in [0.5, 0.6) is 0 Å². The molecule has 2 aromatic heterocycles. The van der Waals surface area contributed by atoms with E-state index in [9.17, 15) is 4.79 Å². The van der Waals surface area contributed by atoms with Crippen LogP contribution in [0.2, 0.25) is 0 Å². The Morgan fingerprint density at radius 3 is 2.81 bits per heavy atom. The van der Waals surface area contributed by atoms with Crippen molar-refractivity contribution >= 4 is 39.3 Å². The number of aliphatic carboxylic acids is 1. The van der Waals surface area contributed by atoms with Gasteiger partial charge in [0.2, 0.25) is 0 Å². The van der Waals surface area contributed by atoms with Gasteiger partial charge in [0.05, 0.1) is 11.8 Å². The summed E-state index contributed by atoms with van der Waals surface area (Å²) >= 11 is 3.05. The van der Waals surface area contributed by atoms with Crippen molar-refractivity contribution in [2.75, 3.05) is 5.75 Å². The molecule has 0 radical (unpaired) electrons. The molecular formula is C15H12N2O2S2. The Labute approximate surface area is 129 Å². The molecule has 0 spiro atoms. The van der Waals surface area contributed by atoms with Crippen LogP contribution in [-0.4, -0.2) is 26.8 Å². The zero-order valence-electron chi connectivity index (χ0n) is 11.0. The molecule has 0 saturated heterocycles. The van der Waals surface area contributed by atoms with E-state index in [-0.39, 0.29) is 6.42 Å². The number of rotatable bonds is 5. The minimum atomic E-state index is -0.790. The molecule has 0 aliphatic rings. The van der Waals surface area contributed by atoms with Crippen molar-refractivity contribution in [3.63, 3.8) is 0 Å².